The SMILES string of the molecule is CCNC(=NCCS(=O)(=O)CC)NCCc1nc(C(F)(F)F)cs1.I. The molecule has 0 amide bonds. The fraction of sp³-hybridized carbons (Fsp3) is 0.692. The lowest BCUT2D eigenvalue weighted by molar-refractivity contribution is -0.140. The summed E-state index contributed by atoms with van der Waals surface area (Å²) in [4.78, 5) is 7.68. The van der Waals surface area contributed by atoms with E-state index in [1.54, 1.807) is 6.92 Å². The van der Waals surface area contributed by atoms with Gasteiger partial charge in [0.05, 0.1) is 17.3 Å². The Bertz CT molecular complexity index is 648. The first-order chi connectivity index (χ1) is 11.2. The number of thiazole rings is 1. The van der Waals surface area contributed by atoms with Gasteiger partial charge in [0.2, 0.25) is 0 Å². The summed E-state index contributed by atoms with van der Waals surface area (Å²) in [6, 6.07) is 0. The molecule has 1 rings (SSSR count). The van der Waals surface area contributed by atoms with Crippen LogP contribution in [0, 0.1) is 0 Å². The topological polar surface area (TPSA) is 83.5 Å². The highest BCUT2D eigenvalue weighted by Gasteiger charge is 2.33. The van der Waals surface area contributed by atoms with Crippen molar-refractivity contribution in [1.82, 2.24) is 15.6 Å². The third kappa shape index (κ3) is 9.58. The number of nitrogens with zero attached hydrogens (tertiary/aromatic N) is 2. The molecule has 0 fully saturated rings. The van der Waals surface area contributed by atoms with Crippen molar-refractivity contribution < 1.29 is 21.6 Å². The zero-order valence-electron chi connectivity index (χ0n) is 13.9. The van der Waals surface area contributed by atoms with Gasteiger partial charge < -0.3 is 10.6 Å². The molecule has 25 heavy (non-hydrogen) atoms. The van der Waals surface area contributed by atoms with Crippen LogP contribution in [-0.2, 0) is 22.4 Å². The number of aliphatic imine (C=N–C) groups is 1. The molecule has 146 valence electrons. The van der Waals surface area contributed by atoms with E-state index in [2.05, 4.69) is 20.6 Å². The van der Waals surface area contributed by atoms with E-state index in [-0.39, 0.29) is 42.0 Å². The number of alkyl halides is 3. The Hall–Kier alpha value is -0.630. The quantitative estimate of drug-likeness (QED) is 0.316. The van der Waals surface area contributed by atoms with Crippen LogP contribution < -0.4 is 10.6 Å². The fourth-order valence-electron chi connectivity index (χ4n) is 1.63. The molecule has 1 heterocycles. The van der Waals surface area contributed by atoms with Crippen LogP contribution in [-0.4, -0.2) is 50.5 Å². The number of halogens is 4. The second-order valence-electron chi connectivity index (χ2n) is 4.80. The van der Waals surface area contributed by atoms with Crippen molar-refractivity contribution >= 4 is 51.1 Å². The zero-order chi connectivity index (χ0) is 18.2. The third-order valence-corrected chi connectivity index (χ3v) is 5.52. The highest BCUT2D eigenvalue weighted by Crippen LogP contribution is 2.29. The van der Waals surface area contributed by atoms with E-state index in [0.717, 1.165) is 16.7 Å². The van der Waals surface area contributed by atoms with Crippen molar-refractivity contribution in [3.05, 3.63) is 16.1 Å². The van der Waals surface area contributed by atoms with E-state index in [4.69, 9.17) is 0 Å². The number of rotatable bonds is 8. The van der Waals surface area contributed by atoms with Gasteiger partial charge in [-0.2, -0.15) is 13.2 Å². The standard InChI is InChI=1S/C13H21F3N4O2S2.HI/c1-3-17-12(19-7-8-24(21,22)4-2)18-6-5-11-20-10(9-23-11)13(14,15)16;/h9H,3-8H2,1-2H3,(H2,17,18,19);1H. The predicted octanol–water partition coefficient (Wildman–Crippen LogP) is 2.31. The van der Waals surface area contributed by atoms with Gasteiger partial charge in [0.1, 0.15) is 0 Å². The van der Waals surface area contributed by atoms with Crippen LogP contribution in [0.2, 0.25) is 0 Å². The molecular formula is C13H22F3IN4O2S2. The van der Waals surface area contributed by atoms with E-state index in [1.165, 1.54) is 0 Å². The van der Waals surface area contributed by atoms with Gasteiger partial charge in [-0.15, -0.1) is 35.3 Å². The lowest BCUT2D eigenvalue weighted by atomic mass is 10.4. The first-order valence-electron chi connectivity index (χ1n) is 7.42. The molecule has 0 atom stereocenters. The molecule has 0 unspecified atom stereocenters. The van der Waals surface area contributed by atoms with Crippen LogP contribution in [0.3, 0.4) is 0 Å². The molecule has 1 aromatic heterocycles. The van der Waals surface area contributed by atoms with Crippen LogP contribution in [0.25, 0.3) is 0 Å². The second-order valence-corrected chi connectivity index (χ2v) is 8.21. The molecule has 0 saturated carbocycles. The largest absolute Gasteiger partial charge is 0.434 e. The van der Waals surface area contributed by atoms with Crippen LogP contribution >= 0.6 is 35.3 Å². The minimum absolute atomic E-state index is 0. The Labute approximate surface area is 166 Å². The lowest BCUT2D eigenvalue weighted by Crippen LogP contribution is -2.38. The summed E-state index contributed by atoms with van der Waals surface area (Å²) in [5.74, 6) is 0.455. The number of nitrogens with one attached hydrogen (secondary N) is 2. The van der Waals surface area contributed by atoms with Gasteiger partial charge >= 0.3 is 6.18 Å². The van der Waals surface area contributed by atoms with E-state index in [9.17, 15) is 21.6 Å². The van der Waals surface area contributed by atoms with E-state index in [1.807, 2.05) is 6.92 Å². The summed E-state index contributed by atoms with van der Waals surface area (Å²) in [5, 5.41) is 7.27. The van der Waals surface area contributed by atoms with Gasteiger partial charge in [-0.25, -0.2) is 13.4 Å². The second kappa shape index (κ2) is 11.2. The van der Waals surface area contributed by atoms with Gasteiger partial charge in [-0.1, -0.05) is 6.92 Å². The van der Waals surface area contributed by atoms with Crippen molar-refractivity contribution in [3.63, 3.8) is 0 Å². The van der Waals surface area contributed by atoms with Gasteiger partial charge in [-0.05, 0) is 6.92 Å². The minimum atomic E-state index is -4.43. The maximum absolute atomic E-state index is 12.5. The van der Waals surface area contributed by atoms with Crippen molar-refractivity contribution in [3.8, 4) is 0 Å². The van der Waals surface area contributed by atoms with Gasteiger partial charge in [-0.3, -0.25) is 4.99 Å². The summed E-state index contributed by atoms with van der Waals surface area (Å²) in [6.07, 6.45) is -4.11. The molecule has 0 spiro atoms. The van der Waals surface area contributed by atoms with Crippen LogP contribution in [0.4, 0.5) is 13.2 Å². The van der Waals surface area contributed by atoms with Crippen molar-refractivity contribution in [2.75, 3.05) is 31.1 Å². The number of hydrogen-bond acceptors (Lipinski definition) is 5. The molecule has 0 bridgehead atoms. The molecule has 0 aliphatic carbocycles. The Morgan fingerprint density at radius 3 is 2.52 bits per heavy atom. The van der Waals surface area contributed by atoms with Crippen molar-refractivity contribution in [2.45, 2.75) is 26.4 Å². The van der Waals surface area contributed by atoms with E-state index in [0.29, 0.717) is 30.5 Å². The first kappa shape index (κ1) is 24.4. The molecule has 0 aliphatic heterocycles. The third-order valence-electron chi connectivity index (χ3n) is 2.93. The summed E-state index contributed by atoms with van der Waals surface area (Å²) < 4.78 is 60.2. The molecule has 6 nitrogen and oxygen atoms in total. The van der Waals surface area contributed by atoms with Gasteiger partial charge in [0, 0.05) is 30.6 Å². The molecule has 0 radical (unpaired) electrons. The molecule has 0 saturated heterocycles. The molecule has 12 heteroatoms. The lowest BCUT2D eigenvalue weighted by Gasteiger charge is -2.10. The maximum Gasteiger partial charge on any atom is 0.434 e. The predicted molar refractivity (Wildman–Crippen MR) is 105 cm³/mol. The van der Waals surface area contributed by atoms with Crippen LogP contribution in [0.1, 0.15) is 24.5 Å². The molecule has 1 aromatic rings. The minimum Gasteiger partial charge on any atom is -0.357 e. The Kier molecular flexibility index (Phi) is 10.9. The number of hydrogen-bond donors (Lipinski definition) is 2. The number of aromatic nitrogens is 1. The normalized spacial score (nSPS) is 12.6. The van der Waals surface area contributed by atoms with Crippen molar-refractivity contribution in [1.29, 1.82) is 0 Å². The van der Waals surface area contributed by atoms with Crippen LogP contribution in [0.15, 0.2) is 10.4 Å². The average Bonchev–Trinajstić information content (AvgIpc) is 2.96. The Morgan fingerprint density at radius 1 is 1.32 bits per heavy atom. The highest BCUT2D eigenvalue weighted by molar-refractivity contribution is 14.0. The summed E-state index contributed by atoms with van der Waals surface area (Å²) in [6.45, 7) is 4.49. The van der Waals surface area contributed by atoms with E-state index >= 15 is 0 Å². The van der Waals surface area contributed by atoms with Crippen LogP contribution in [0.5, 0.6) is 0 Å². The summed E-state index contributed by atoms with van der Waals surface area (Å²) in [5.41, 5.74) is -0.882. The Morgan fingerprint density at radius 2 is 2.00 bits per heavy atom. The van der Waals surface area contributed by atoms with Gasteiger partial charge in [0.25, 0.3) is 0 Å². The molecule has 0 aliphatic rings. The summed E-state index contributed by atoms with van der Waals surface area (Å²) in [7, 11) is -3.08. The van der Waals surface area contributed by atoms with Gasteiger partial charge in [0.15, 0.2) is 21.5 Å². The maximum atomic E-state index is 12.5. The molecular weight excluding hydrogens is 492 g/mol. The molecule has 0 aromatic carbocycles. The number of guanidine groups is 1. The zero-order valence-corrected chi connectivity index (χ0v) is 17.9. The first-order valence-corrected chi connectivity index (χ1v) is 10.1. The fourth-order valence-corrected chi connectivity index (χ4v) is 3.09. The average molecular weight is 514 g/mol. The Balaban J connectivity index is 0.00000576. The molecule has 2 N–H and O–H groups in total. The summed E-state index contributed by atoms with van der Waals surface area (Å²) >= 11 is 0.955. The highest BCUT2D eigenvalue weighted by atomic mass is 127. The number of sulfone groups is 1. The monoisotopic (exact) mass is 514 g/mol. The van der Waals surface area contributed by atoms with E-state index < -0.39 is 21.7 Å². The smallest absolute Gasteiger partial charge is 0.357 e. The van der Waals surface area contributed by atoms with Crippen molar-refractivity contribution in [2.24, 2.45) is 4.99 Å².